The predicted molar refractivity (Wildman–Crippen MR) is 53.7 cm³/mol. The highest BCUT2D eigenvalue weighted by Gasteiger charge is 2.71. The Balaban J connectivity index is 3.61. The van der Waals surface area contributed by atoms with Crippen molar-refractivity contribution in [1.82, 2.24) is 0 Å². The molecule has 2 nitrogen and oxygen atoms in total. The van der Waals surface area contributed by atoms with Gasteiger partial charge < -0.3 is 9.84 Å². The highest BCUT2D eigenvalue weighted by Crippen LogP contribution is 2.50. The van der Waals surface area contributed by atoms with Gasteiger partial charge in [0.05, 0.1) is 7.11 Å². The minimum atomic E-state index is -6.06. The Hall–Kier alpha value is -1.51. The molecule has 0 atom stereocenters. The van der Waals surface area contributed by atoms with Crippen LogP contribution in [0.4, 0.5) is 30.7 Å². The van der Waals surface area contributed by atoms with Crippen molar-refractivity contribution in [3.63, 3.8) is 0 Å². The summed E-state index contributed by atoms with van der Waals surface area (Å²) in [5, 5.41) is 9.11. The third-order valence-corrected chi connectivity index (χ3v) is 2.67. The zero-order valence-electron chi connectivity index (χ0n) is 10.2. The smallest absolute Gasteiger partial charge is 0.430 e. The van der Waals surface area contributed by atoms with Gasteiger partial charge in [-0.25, -0.2) is 4.39 Å². The molecule has 0 heterocycles. The van der Waals surface area contributed by atoms with Crippen LogP contribution in [0.2, 0.25) is 0 Å². The third-order valence-electron chi connectivity index (χ3n) is 2.67. The number of methoxy groups -OCH3 is 1. The summed E-state index contributed by atoms with van der Waals surface area (Å²) in [5.74, 6) is -1.94. The van der Waals surface area contributed by atoms with E-state index in [1.54, 1.807) is 0 Å². The Kier molecular flexibility index (Phi) is 3.97. The minimum absolute atomic E-state index is 0.0488. The summed E-state index contributed by atoms with van der Waals surface area (Å²) in [6.07, 6.45) is -12.1. The maximum Gasteiger partial charge on any atom is 0.430 e. The molecule has 0 fully saturated rings. The number of hydrogen-bond acceptors (Lipinski definition) is 2. The number of hydrogen-bond donors (Lipinski definition) is 1. The standard InChI is InChI=1S/C11H9F7O2/c1-5-3-6(4-7(12)8(5)20-2)9(19,10(13,14)15)11(16,17)18/h3-4,19H,1-2H3. The zero-order valence-corrected chi connectivity index (χ0v) is 10.2. The van der Waals surface area contributed by atoms with E-state index in [0.29, 0.717) is 6.07 Å². The van der Waals surface area contributed by atoms with Crippen LogP contribution < -0.4 is 4.74 Å². The quantitative estimate of drug-likeness (QED) is 0.848. The van der Waals surface area contributed by atoms with Gasteiger partial charge in [-0.05, 0) is 24.6 Å². The van der Waals surface area contributed by atoms with E-state index in [2.05, 4.69) is 4.74 Å². The fourth-order valence-corrected chi connectivity index (χ4v) is 1.69. The van der Waals surface area contributed by atoms with Crippen molar-refractivity contribution >= 4 is 0 Å². The number of benzene rings is 1. The molecular formula is C11H9F7O2. The van der Waals surface area contributed by atoms with E-state index in [1.165, 1.54) is 0 Å². The molecule has 0 unspecified atom stereocenters. The van der Waals surface area contributed by atoms with Gasteiger partial charge in [0.1, 0.15) is 0 Å². The molecule has 114 valence electrons. The highest BCUT2D eigenvalue weighted by molar-refractivity contribution is 5.41. The molecule has 1 aromatic carbocycles. The largest absolute Gasteiger partial charge is 0.493 e. The van der Waals surface area contributed by atoms with Gasteiger partial charge in [0.2, 0.25) is 0 Å². The number of ether oxygens (including phenoxy) is 1. The lowest BCUT2D eigenvalue weighted by Gasteiger charge is -2.33. The fourth-order valence-electron chi connectivity index (χ4n) is 1.69. The van der Waals surface area contributed by atoms with Gasteiger partial charge in [0.25, 0.3) is 5.60 Å². The van der Waals surface area contributed by atoms with E-state index < -0.39 is 35.1 Å². The summed E-state index contributed by atoms with van der Waals surface area (Å²) < 4.78 is 93.6. The van der Waals surface area contributed by atoms with Gasteiger partial charge in [0, 0.05) is 5.56 Å². The molecule has 0 radical (unpaired) electrons. The Morgan fingerprint density at radius 2 is 1.45 bits per heavy atom. The van der Waals surface area contributed by atoms with E-state index in [-0.39, 0.29) is 11.6 Å². The second-order valence-electron chi connectivity index (χ2n) is 4.01. The highest BCUT2D eigenvalue weighted by atomic mass is 19.4. The number of rotatable bonds is 2. The number of aliphatic hydroxyl groups is 1. The van der Waals surface area contributed by atoms with E-state index in [1.807, 2.05) is 0 Å². The van der Waals surface area contributed by atoms with Gasteiger partial charge >= 0.3 is 12.4 Å². The molecule has 1 rings (SSSR count). The third kappa shape index (κ3) is 2.41. The first-order valence-corrected chi connectivity index (χ1v) is 5.06. The molecular weight excluding hydrogens is 297 g/mol. The van der Waals surface area contributed by atoms with Crippen molar-refractivity contribution in [3.8, 4) is 5.75 Å². The van der Waals surface area contributed by atoms with Crippen LogP contribution in [0.15, 0.2) is 12.1 Å². The minimum Gasteiger partial charge on any atom is -0.493 e. The number of alkyl halides is 6. The number of halogens is 7. The lowest BCUT2D eigenvalue weighted by Crippen LogP contribution is -2.54. The molecule has 1 aromatic rings. The average Bonchev–Trinajstić information content (AvgIpc) is 2.24. The molecule has 0 saturated heterocycles. The van der Waals surface area contributed by atoms with Crippen molar-refractivity contribution in [2.24, 2.45) is 0 Å². The SMILES string of the molecule is COc1c(C)cc(C(O)(C(F)(F)F)C(F)(F)F)cc1F. The average molecular weight is 306 g/mol. The number of aryl methyl sites for hydroxylation is 1. The lowest BCUT2D eigenvalue weighted by atomic mass is 9.90. The summed E-state index contributed by atoms with van der Waals surface area (Å²) in [5.41, 5.74) is -7.12. The van der Waals surface area contributed by atoms with Crippen LogP contribution in [0.25, 0.3) is 0 Å². The van der Waals surface area contributed by atoms with Crippen molar-refractivity contribution in [1.29, 1.82) is 0 Å². The Bertz CT molecular complexity index is 467. The van der Waals surface area contributed by atoms with Gasteiger partial charge in [-0.2, -0.15) is 26.3 Å². The van der Waals surface area contributed by atoms with Crippen molar-refractivity contribution in [2.45, 2.75) is 24.9 Å². The Labute approximate surface area is 108 Å². The van der Waals surface area contributed by atoms with Crippen LogP contribution in [0, 0.1) is 12.7 Å². The fraction of sp³-hybridized carbons (Fsp3) is 0.455. The maximum absolute atomic E-state index is 13.4. The predicted octanol–water partition coefficient (Wildman–Crippen LogP) is 3.45. The van der Waals surface area contributed by atoms with E-state index >= 15 is 0 Å². The van der Waals surface area contributed by atoms with Crippen LogP contribution in [0.1, 0.15) is 11.1 Å². The summed E-state index contributed by atoms with van der Waals surface area (Å²) >= 11 is 0. The van der Waals surface area contributed by atoms with Crippen LogP contribution in [0.5, 0.6) is 5.75 Å². The zero-order chi connectivity index (χ0) is 15.9. The van der Waals surface area contributed by atoms with Crippen molar-refractivity contribution in [3.05, 3.63) is 29.1 Å². The summed E-state index contributed by atoms with van der Waals surface area (Å²) in [6, 6.07) is 0.329. The maximum atomic E-state index is 13.4. The van der Waals surface area contributed by atoms with Gasteiger partial charge in [-0.1, -0.05) is 0 Å². The molecule has 0 aliphatic rings. The molecule has 1 N–H and O–H groups in total. The van der Waals surface area contributed by atoms with Crippen LogP contribution >= 0.6 is 0 Å². The second-order valence-corrected chi connectivity index (χ2v) is 4.01. The Morgan fingerprint density at radius 1 is 1.00 bits per heavy atom. The van der Waals surface area contributed by atoms with Crippen molar-refractivity contribution in [2.75, 3.05) is 7.11 Å². The molecule has 0 saturated carbocycles. The molecule has 0 aliphatic heterocycles. The van der Waals surface area contributed by atoms with Crippen LogP contribution in [-0.4, -0.2) is 24.6 Å². The first kappa shape index (κ1) is 16.5. The van der Waals surface area contributed by atoms with Gasteiger partial charge in [-0.3, -0.25) is 0 Å². The van der Waals surface area contributed by atoms with Gasteiger partial charge in [0.15, 0.2) is 11.6 Å². The summed E-state index contributed by atoms with van der Waals surface area (Å²) in [4.78, 5) is 0. The first-order chi connectivity index (χ1) is 8.86. The molecule has 0 aromatic heterocycles. The molecule has 0 amide bonds. The van der Waals surface area contributed by atoms with E-state index in [0.717, 1.165) is 14.0 Å². The monoisotopic (exact) mass is 306 g/mol. The normalized spacial score (nSPS) is 13.5. The van der Waals surface area contributed by atoms with E-state index in [4.69, 9.17) is 5.11 Å². The molecule has 9 heteroatoms. The van der Waals surface area contributed by atoms with Gasteiger partial charge in [-0.15, -0.1) is 0 Å². The molecule has 0 bridgehead atoms. The molecule has 0 aliphatic carbocycles. The summed E-state index contributed by atoms with van der Waals surface area (Å²) in [7, 11) is 1.00. The first-order valence-electron chi connectivity index (χ1n) is 5.06. The Morgan fingerprint density at radius 3 is 1.75 bits per heavy atom. The lowest BCUT2D eigenvalue weighted by molar-refractivity contribution is -0.376. The van der Waals surface area contributed by atoms with Crippen LogP contribution in [0.3, 0.4) is 0 Å². The topological polar surface area (TPSA) is 29.5 Å². The second kappa shape index (κ2) is 4.80. The van der Waals surface area contributed by atoms with Crippen LogP contribution in [-0.2, 0) is 5.60 Å². The molecule has 20 heavy (non-hydrogen) atoms. The van der Waals surface area contributed by atoms with Crippen molar-refractivity contribution < 1.29 is 40.6 Å². The van der Waals surface area contributed by atoms with E-state index in [9.17, 15) is 30.7 Å². The summed E-state index contributed by atoms with van der Waals surface area (Å²) in [6.45, 7) is 1.05. The molecule has 0 spiro atoms.